The third-order valence-corrected chi connectivity index (χ3v) is 4.26. The minimum Gasteiger partial charge on any atom is -0.475 e. The Hall–Kier alpha value is -2.38. The number of aliphatic carboxylic acids is 1. The number of alkyl halides is 3. The first kappa shape index (κ1) is 24.7. The van der Waals surface area contributed by atoms with Crippen LogP contribution in [0.15, 0.2) is 30.3 Å². The van der Waals surface area contributed by atoms with Crippen LogP contribution in [0.1, 0.15) is 5.56 Å². The lowest BCUT2D eigenvalue weighted by atomic mass is 10.1. The predicted molar refractivity (Wildman–Crippen MR) is 94.2 cm³/mol. The quantitative estimate of drug-likeness (QED) is 0.649. The normalized spacial score (nSPS) is 19.3. The standard InChI is InChI=1S/C14H20N2O5S.C2HF3O2/c1-22(18,19)21-10-12-7-16(8-13(12)15)14(17)20-9-11-5-3-2-4-6-11;3-2(4,5)1(6)7/h2-6,12-13H,7-10,15H2,1H3;(H,6,7)/t12-,13-;/m0./s1. The van der Waals surface area contributed by atoms with Gasteiger partial charge in [0, 0.05) is 25.0 Å². The van der Waals surface area contributed by atoms with E-state index in [-0.39, 0.29) is 25.2 Å². The molecule has 1 aliphatic heterocycles. The summed E-state index contributed by atoms with van der Waals surface area (Å²) in [5, 5.41) is 7.12. The Labute approximate surface area is 165 Å². The first-order valence-corrected chi connectivity index (χ1v) is 9.97. The fraction of sp³-hybridized carbons (Fsp3) is 0.500. The molecule has 0 spiro atoms. The number of carbonyl (C=O) groups is 2. The number of carboxylic acids is 1. The van der Waals surface area contributed by atoms with E-state index < -0.39 is 28.4 Å². The van der Waals surface area contributed by atoms with Crippen molar-refractivity contribution in [1.29, 1.82) is 0 Å². The summed E-state index contributed by atoms with van der Waals surface area (Å²) in [7, 11) is -3.51. The number of hydrogen-bond donors (Lipinski definition) is 2. The molecule has 13 heteroatoms. The van der Waals surface area contributed by atoms with Gasteiger partial charge in [0.1, 0.15) is 6.61 Å². The lowest BCUT2D eigenvalue weighted by Gasteiger charge is -2.16. The highest BCUT2D eigenvalue weighted by Crippen LogP contribution is 2.18. The molecule has 1 aliphatic rings. The summed E-state index contributed by atoms with van der Waals surface area (Å²) < 4.78 is 63.7. The van der Waals surface area contributed by atoms with E-state index in [1.54, 1.807) is 0 Å². The largest absolute Gasteiger partial charge is 0.490 e. The van der Waals surface area contributed by atoms with Crippen molar-refractivity contribution in [3.05, 3.63) is 35.9 Å². The van der Waals surface area contributed by atoms with Crippen LogP contribution in [0.4, 0.5) is 18.0 Å². The molecule has 1 amide bonds. The molecular weight excluding hydrogens is 421 g/mol. The maximum atomic E-state index is 12.0. The number of nitrogens with zero attached hydrogens (tertiary/aromatic N) is 1. The van der Waals surface area contributed by atoms with Gasteiger partial charge in [-0.05, 0) is 5.56 Å². The second kappa shape index (κ2) is 10.4. The molecule has 1 aromatic carbocycles. The summed E-state index contributed by atoms with van der Waals surface area (Å²) in [4.78, 5) is 22.4. The predicted octanol–water partition coefficient (Wildman–Crippen LogP) is 1.19. The van der Waals surface area contributed by atoms with E-state index in [9.17, 15) is 26.4 Å². The second-order valence-electron chi connectivity index (χ2n) is 6.16. The monoisotopic (exact) mass is 442 g/mol. The highest BCUT2D eigenvalue weighted by molar-refractivity contribution is 7.85. The van der Waals surface area contributed by atoms with Gasteiger partial charge in [-0.1, -0.05) is 30.3 Å². The molecule has 3 N–H and O–H groups in total. The van der Waals surface area contributed by atoms with Crippen molar-refractivity contribution in [1.82, 2.24) is 4.90 Å². The number of ether oxygens (including phenoxy) is 1. The van der Waals surface area contributed by atoms with Crippen LogP contribution in [0, 0.1) is 5.92 Å². The molecule has 0 bridgehead atoms. The van der Waals surface area contributed by atoms with E-state index in [0.29, 0.717) is 13.1 Å². The Morgan fingerprint density at radius 1 is 1.24 bits per heavy atom. The number of amides is 1. The van der Waals surface area contributed by atoms with Crippen LogP contribution < -0.4 is 5.73 Å². The van der Waals surface area contributed by atoms with Gasteiger partial charge in [0.2, 0.25) is 0 Å². The topological polar surface area (TPSA) is 136 Å². The van der Waals surface area contributed by atoms with Crippen molar-refractivity contribution in [2.75, 3.05) is 26.0 Å². The van der Waals surface area contributed by atoms with Crippen LogP contribution in [0.5, 0.6) is 0 Å². The van der Waals surface area contributed by atoms with E-state index >= 15 is 0 Å². The number of halogens is 3. The molecule has 29 heavy (non-hydrogen) atoms. The van der Waals surface area contributed by atoms with Crippen molar-refractivity contribution in [3.63, 3.8) is 0 Å². The summed E-state index contributed by atoms with van der Waals surface area (Å²) >= 11 is 0. The molecule has 0 saturated carbocycles. The summed E-state index contributed by atoms with van der Waals surface area (Å²) in [6.07, 6.45) is -4.56. The Morgan fingerprint density at radius 2 is 1.79 bits per heavy atom. The van der Waals surface area contributed by atoms with Crippen molar-refractivity contribution in [2.45, 2.75) is 18.8 Å². The molecule has 0 radical (unpaired) electrons. The number of hydrogen-bond acceptors (Lipinski definition) is 7. The van der Waals surface area contributed by atoms with Gasteiger partial charge in [0.25, 0.3) is 10.1 Å². The third-order valence-electron chi connectivity index (χ3n) is 3.69. The lowest BCUT2D eigenvalue weighted by Crippen LogP contribution is -2.33. The van der Waals surface area contributed by atoms with E-state index in [1.807, 2.05) is 30.3 Å². The Morgan fingerprint density at radius 3 is 2.28 bits per heavy atom. The van der Waals surface area contributed by atoms with E-state index in [0.717, 1.165) is 11.8 Å². The van der Waals surface area contributed by atoms with Crippen LogP contribution in [0.25, 0.3) is 0 Å². The molecular formula is C16H21F3N2O7S. The summed E-state index contributed by atoms with van der Waals surface area (Å²) in [6, 6.07) is 9.03. The molecule has 1 heterocycles. The lowest BCUT2D eigenvalue weighted by molar-refractivity contribution is -0.192. The minimum atomic E-state index is -5.08. The molecule has 9 nitrogen and oxygen atoms in total. The Balaban J connectivity index is 0.000000516. The maximum Gasteiger partial charge on any atom is 0.490 e. The van der Waals surface area contributed by atoms with Crippen LogP contribution in [0.2, 0.25) is 0 Å². The number of benzene rings is 1. The van der Waals surface area contributed by atoms with Crippen LogP contribution in [-0.2, 0) is 30.4 Å². The Kier molecular flexibility index (Phi) is 8.85. The fourth-order valence-corrected chi connectivity index (χ4v) is 2.67. The van der Waals surface area contributed by atoms with E-state index in [1.165, 1.54) is 4.90 Å². The highest BCUT2D eigenvalue weighted by atomic mass is 32.2. The van der Waals surface area contributed by atoms with E-state index in [2.05, 4.69) is 0 Å². The highest BCUT2D eigenvalue weighted by Gasteiger charge is 2.38. The zero-order valence-corrected chi connectivity index (χ0v) is 16.1. The minimum absolute atomic E-state index is 0.0253. The molecule has 1 fully saturated rings. The van der Waals surface area contributed by atoms with Gasteiger partial charge in [-0.3, -0.25) is 4.18 Å². The first-order chi connectivity index (χ1) is 13.3. The van der Waals surface area contributed by atoms with E-state index in [4.69, 9.17) is 24.6 Å². The van der Waals surface area contributed by atoms with Gasteiger partial charge >= 0.3 is 18.2 Å². The number of likely N-dealkylation sites (tertiary alicyclic amines) is 1. The van der Waals surface area contributed by atoms with Gasteiger partial charge in [0.05, 0.1) is 12.9 Å². The molecule has 2 atom stereocenters. The zero-order chi connectivity index (χ0) is 22.2. The molecule has 0 aliphatic carbocycles. The number of nitrogens with two attached hydrogens (primary N) is 1. The Bertz CT molecular complexity index is 787. The van der Waals surface area contributed by atoms with Crippen LogP contribution in [-0.4, -0.2) is 68.7 Å². The molecule has 0 unspecified atom stereocenters. The van der Waals surface area contributed by atoms with Gasteiger partial charge in [-0.2, -0.15) is 21.6 Å². The second-order valence-corrected chi connectivity index (χ2v) is 7.80. The van der Waals surface area contributed by atoms with Gasteiger partial charge < -0.3 is 20.5 Å². The zero-order valence-electron chi connectivity index (χ0n) is 15.3. The molecule has 0 aromatic heterocycles. The number of rotatable bonds is 5. The first-order valence-electron chi connectivity index (χ1n) is 8.15. The average Bonchev–Trinajstić information content (AvgIpc) is 2.99. The summed E-state index contributed by atoms with van der Waals surface area (Å²) in [5.41, 5.74) is 6.82. The van der Waals surface area contributed by atoms with Crippen LogP contribution in [0.3, 0.4) is 0 Å². The molecule has 1 saturated heterocycles. The number of carbonyl (C=O) groups excluding carboxylic acids is 1. The average molecular weight is 442 g/mol. The van der Waals surface area contributed by atoms with Gasteiger partial charge in [-0.15, -0.1) is 0 Å². The van der Waals surface area contributed by atoms with Crippen LogP contribution >= 0.6 is 0 Å². The van der Waals surface area contributed by atoms with Crippen molar-refractivity contribution >= 4 is 22.2 Å². The van der Waals surface area contributed by atoms with Gasteiger partial charge in [-0.25, -0.2) is 9.59 Å². The smallest absolute Gasteiger partial charge is 0.475 e. The van der Waals surface area contributed by atoms with Crippen molar-refractivity contribution < 1.29 is 45.2 Å². The maximum absolute atomic E-state index is 12.0. The molecule has 164 valence electrons. The number of carboxylic acid groups (broad SMARTS) is 1. The molecule has 1 aromatic rings. The van der Waals surface area contributed by atoms with Crippen molar-refractivity contribution in [2.24, 2.45) is 11.7 Å². The summed E-state index contributed by atoms with van der Waals surface area (Å²) in [6.45, 7) is 0.814. The van der Waals surface area contributed by atoms with Gasteiger partial charge in [0.15, 0.2) is 0 Å². The third kappa shape index (κ3) is 9.58. The SMILES string of the molecule is CS(=O)(=O)OC[C@@H]1CN(C(=O)OCc2ccccc2)C[C@@H]1N.O=C(O)C(F)(F)F. The van der Waals surface area contributed by atoms with Crippen molar-refractivity contribution in [3.8, 4) is 0 Å². The fourth-order valence-electron chi connectivity index (χ4n) is 2.24. The molecule has 2 rings (SSSR count). The summed E-state index contributed by atoms with van der Waals surface area (Å²) in [5.74, 6) is -2.98.